The summed E-state index contributed by atoms with van der Waals surface area (Å²) in [5.74, 6) is 0.294. The number of nitrogens with one attached hydrogen (secondary N) is 1. The van der Waals surface area contributed by atoms with Crippen LogP contribution in [0.3, 0.4) is 0 Å². The van der Waals surface area contributed by atoms with Crippen LogP contribution >= 0.6 is 11.8 Å². The number of hydrogen-bond donors (Lipinski definition) is 2. The number of nitrogens with zero attached hydrogens (tertiary/aromatic N) is 2. The molecule has 0 spiro atoms. The zero-order chi connectivity index (χ0) is 25.4. The van der Waals surface area contributed by atoms with E-state index in [-0.39, 0.29) is 10.8 Å². The van der Waals surface area contributed by atoms with Gasteiger partial charge < -0.3 is 9.84 Å². The fourth-order valence-corrected chi connectivity index (χ4v) is 5.84. The highest BCUT2D eigenvalue weighted by molar-refractivity contribution is 7.99. The van der Waals surface area contributed by atoms with Gasteiger partial charge in [-0.3, -0.25) is 14.8 Å². The minimum atomic E-state index is -0.712. The molecule has 182 valence electrons. The van der Waals surface area contributed by atoms with Crippen LogP contribution in [0.15, 0.2) is 86.2 Å². The van der Waals surface area contributed by atoms with Crippen molar-refractivity contribution in [3.05, 3.63) is 110 Å². The number of hydrogen-bond acceptors (Lipinski definition) is 6. The molecule has 8 heteroatoms. The van der Waals surface area contributed by atoms with Gasteiger partial charge in [-0.2, -0.15) is 0 Å². The number of aromatic nitrogens is 2. The first kappa shape index (κ1) is 23.7. The van der Waals surface area contributed by atoms with E-state index in [0.717, 1.165) is 31.9 Å². The van der Waals surface area contributed by atoms with Gasteiger partial charge >= 0.3 is 5.69 Å². The van der Waals surface area contributed by atoms with Crippen LogP contribution in [0.25, 0.3) is 5.69 Å². The maximum absolute atomic E-state index is 13.1. The molecule has 0 radical (unpaired) electrons. The van der Waals surface area contributed by atoms with Gasteiger partial charge in [0.1, 0.15) is 11.3 Å². The summed E-state index contributed by atoms with van der Waals surface area (Å²) in [4.78, 5) is 34.1. The molecule has 1 atom stereocenters. The molecule has 36 heavy (non-hydrogen) atoms. The van der Waals surface area contributed by atoms with Gasteiger partial charge in [0.05, 0.1) is 24.2 Å². The molecule has 2 heterocycles. The summed E-state index contributed by atoms with van der Waals surface area (Å²) in [5, 5.41) is 11.2. The highest BCUT2D eigenvalue weighted by Gasteiger charge is 2.29. The van der Waals surface area contributed by atoms with Crippen molar-refractivity contribution in [3.63, 3.8) is 0 Å². The van der Waals surface area contributed by atoms with E-state index in [9.17, 15) is 14.7 Å². The van der Waals surface area contributed by atoms with E-state index >= 15 is 0 Å². The topological polar surface area (TPSA) is 96.7 Å². The summed E-state index contributed by atoms with van der Waals surface area (Å²) in [6.07, 6.45) is 0.335. The number of aromatic amines is 1. The van der Waals surface area contributed by atoms with Crippen LogP contribution < -0.4 is 16.0 Å². The lowest BCUT2D eigenvalue weighted by molar-refractivity contribution is 0.409. The molecular formula is C28H25N3O4S. The minimum Gasteiger partial charge on any atom is -0.496 e. The number of aliphatic imine (C=N–C) groups is 1. The molecule has 0 bridgehead atoms. The van der Waals surface area contributed by atoms with Crippen LogP contribution in [0.1, 0.15) is 33.9 Å². The highest BCUT2D eigenvalue weighted by atomic mass is 32.2. The molecule has 0 saturated carbocycles. The SMILES string of the molecule is COc1ccccc1[C@@H]1CC(c2c(O)n(-c3cc(C)cc(C)c3)c(=O)[nH]c2=O)=Nc2ccccc2S1. The predicted molar refractivity (Wildman–Crippen MR) is 143 cm³/mol. The van der Waals surface area contributed by atoms with Crippen LogP contribution in [0.4, 0.5) is 5.69 Å². The molecule has 1 aliphatic rings. The Balaban J connectivity index is 1.73. The largest absolute Gasteiger partial charge is 0.496 e. The maximum atomic E-state index is 13.1. The average molecular weight is 500 g/mol. The molecule has 1 aliphatic heterocycles. The number of rotatable bonds is 4. The Bertz CT molecular complexity index is 1600. The Kier molecular flexibility index (Phi) is 6.28. The van der Waals surface area contributed by atoms with E-state index in [4.69, 9.17) is 9.73 Å². The van der Waals surface area contributed by atoms with Gasteiger partial charge in [-0.25, -0.2) is 9.36 Å². The lowest BCUT2D eigenvalue weighted by atomic mass is 10.0. The lowest BCUT2D eigenvalue weighted by Gasteiger charge is -2.19. The van der Waals surface area contributed by atoms with Gasteiger partial charge in [0.2, 0.25) is 5.88 Å². The maximum Gasteiger partial charge on any atom is 0.335 e. The Morgan fingerprint density at radius 3 is 2.47 bits per heavy atom. The Labute approximate surface area is 212 Å². The van der Waals surface area contributed by atoms with Gasteiger partial charge in [-0.05, 0) is 55.3 Å². The monoisotopic (exact) mass is 499 g/mol. The fraction of sp³-hybridized carbons (Fsp3) is 0.179. The Morgan fingerprint density at radius 1 is 1.03 bits per heavy atom. The second kappa shape index (κ2) is 9.54. The molecule has 3 aromatic carbocycles. The summed E-state index contributed by atoms with van der Waals surface area (Å²) >= 11 is 1.62. The zero-order valence-electron chi connectivity index (χ0n) is 20.1. The molecule has 0 unspecified atom stereocenters. The Morgan fingerprint density at radius 2 is 1.72 bits per heavy atom. The van der Waals surface area contributed by atoms with Gasteiger partial charge in [0.25, 0.3) is 5.56 Å². The summed E-state index contributed by atoms with van der Waals surface area (Å²) in [7, 11) is 1.62. The van der Waals surface area contributed by atoms with Crippen LogP contribution in [0.5, 0.6) is 11.6 Å². The van der Waals surface area contributed by atoms with Crippen molar-refractivity contribution in [2.75, 3.05) is 7.11 Å². The van der Waals surface area contributed by atoms with Gasteiger partial charge in [0, 0.05) is 22.1 Å². The molecule has 5 rings (SSSR count). The number of fused-ring (bicyclic) bond motifs is 1. The summed E-state index contributed by atoms with van der Waals surface area (Å²) in [6, 6.07) is 20.9. The molecule has 1 aromatic heterocycles. The third-order valence-electron chi connectivity index (χ3n) is 6.09. The van der Waals surface area contributed by atoms with Crippen LogP contribution in [-0.4, -0.2) is 27.5 Å². The molecule has 4 aromatic rings. The van der Waals surface area contributed by atoms with Gasteiger partial charge in [-0.1, -0.05) is 36.4 Å². The van der Waals surface area contributed by atoms with E-state index in [1.807, 2.05) is 68.4 Å². The number of thioether (sulfide) groups is 1. The second-order valence-electron chi connectivity index (χ2n) is 8.72. The molecule has 0 saturated heterocycles. The average Bonchev–Trinajstić information content (AvgIpc) is 3.02. The predicted octanol–water partition coefficient (Wildman–Crippen LogP) is 5.21. The van der Waals surface area contributed by atoms with Crippen molar-refractivity contribution in [2.45, 2.75) is 30.4 Å². The summed E-state index contributed by atoms with van der Waals surface area (Å²) in [5.41, 5.74) is 2.95. The van der Waals surface area contributed by atoms with Crippen molar-refractivity contribution < 1.29 is 9.84 Å². The number of benzene rings is 3. The molecular weight excluding hydrogens is 474 g/mol. The van der Waals surface area contributed by atoms with Gasteiger partial charge in [-0.15, -0.1) is 11.8 Å². The zero-order valence-corrected chi connectivity index (χ0v) is 20.9. The van der Waals surface area contributed by atoms with E-state index in [1.165, 1.54) is 0 Å². The first-order chi connectivity index (χ1) is 17.4. The van der Waals surface area contributed by atoms with Crippen molar-refractivity contribution in [1.29, 1.82) is 0 Å². The quantitative estimate of drug-likeness (QED) is 0.402. The second-order valence-corrected chi connectivity index (χ2v) is 9.96. The molecule has 0 amide bonds. The van der Waals surface area contributed by atoms with Crippen molar-refractivity contribution >= 4 is 23.2 Å². The molecule has 0 fully saturated rings. The van der Waals surface area contributed by atoms with Crippen molar-refractivity contribution in [2.24, 2.45) is 4.99 Å². The molecule has 0 aliphatic carbocycles. The lowest BCUT2D eigenvalue weighted by Crippen LogP contribution is -2.33. The standard InChI is InChI=1S/C28H25N3O4S/c1-16-12-17(2)14-18(13-16)31-27(33)25(26(32)30-28(31)34)21-15-24(19-8-4-6-10-22(19)35-3)36-23-11-7-5-9-20(23)29-21/h4-14,24,33H,15H2,1-3H3,(H,30,32,34)/t24-/m0/s1. The smallest absolute Gasteiger partial charge is 0.335 e. The number of ether oxygens (including phenoxy) is 1. The summed E-state index contributed by atoms with van der Waals surface area (Å²) < 4.78 is 6.74. The molecule has 7 nitrogen and oxygen atoms in total. The minimum absolute atomic E-state index is 0.0223. The number of aromatic hydroxyl groups is 1. The van der Waals surface area contributed by atoms with Crippen LogP contribution in [-0.2, 0) is 0 Å². The number of aryl methyl sites for hydroxylation is 2. The van der Waals surface area contributed by atoms with E-state index in [0.29, 0.717) is 23.5 Å². The number of para-hydroxylation sites is 2. The van der Waals surface area contributed by atoms with Crippen molar-refractivity contribution in [1.82, 2.24) is 9.55 Å². The third kappa shape index (κ3) is 4.35. The van der Waals surface area contributed by atoms with E-state index in [1.54, 1.807) is 31.0 Å². The highest BCUT2D eigenvalue weighted by Crippen LogP contribution is 2.47. The fourth-order valence-electron chi connectivity index (χ4n) is 4.58. The van der Waals surface area contributed by atoms with E-state index < -0.39 is 17.1 Å². The number of methoxy groups -OCH3 is 1. The normalized spacial score (nSPS) is 15.1. The van der Waals surface area contributed by atoms with E-state index in [2.05, 4.69) is 4.98 Å². The van der Waals surface area contributed by atoms with Gasteiger partial charge in [0.15, 0.2) is 0 Å². The number of H-pyrrole nitrogens is 1. The third-order valence-corrected chi connectivity index (χ3v) is 7.40. The van der Waals surface area contributed by atoms with Crippen LogP contribution in [0, 0.1) is 13.8 Å². The first-order valence-electron chi connectivity index (χ1n) is 11.5. The van der Waals surface area contributed by atoms with Crippen molar-refractivity contribution in [3.8, 4) is 17.3 Å². The Hall–Kier alpha value is -4.04. The first-order valence-corrected chi connectivity index (χ1v) is 12.4. The summed E-state index contributed by atoms with van der Waals surface area (Å²) in [6.45, 7) is 3.82. The molecule has 2 N–H and O–H groups in total. The van der Waals surface area contributed by atoms with Crippen LogP contribution in [0.2, 0.25) is 0 Å².